The molecule has 0 aliphatic rings. The van der Waals surface area contributed by atoms with Crippen molar-refractivity contribution >= 4 is 5.69 Å². The number of benzene rings is 1. The first kappa shape index (κ1) is 12.4. The third kappa shape index (κ3) is 3.50. The van der Waals surface area contributed by atoms with Crippen LogP contribution < -0.4 is 5.73 Å². The molecular weight excluding hydrogens is 225 g/mol. The zero-order chi connectivity index (χ0) is 12.3. The van der Waals surface area contributed by atoms with Gasteiger partial charge < -0.3 is 5.73 Å². The number of nitro groups is 1. The first-order valence-electron chi connectivity index (χ1n) is 4.36. The number of halogens is 3. The fourth-order valence-corrected chi connectivity index (χ4v) is 1.21. The highest BCUT2D eigenvalue weighted by atomic mass is 19.4. The summed E-state index contributed by atoms with van der Waals surface area (Å²) in [6.45, 7) is 0. The Hall–Kier alpha value is -1.63. The van der Waals surface area contributed by atoms with E-state index in [1.807, 2.05) is 0 Å². The smallest absolute Gasteiger partial charge is 0.324 e. The Bertz CT molecular complexity index is 375. The van der Waals surface area contributed by atoms with Gasteiger partial charge in [0.2, 0.25) is 0 Å². The summed E-state index contributed by atoms with van der Waals surface area (Å²) in [4.78, 5) is 9.68. The van der Waals surface area contributed by atoms with Crippen molar-refractivity contribution in [1.29, 1.82) is 0 Å². The van der Waals surface area contributed by atoms with Gasteiger partial charge in [-0.25, -0.2) is 0 Å². The number of nitro benzene ring substituents is 1. The fourth-order valence-electron chi connectivity index (χ4n) is 1.21. The lowest BCUT2D eigenvalue weighted by molar-refractivity contribution is -0.384. The highest BCUT2D eigenvalue weighted by Crippen LogP contribution is 2.28. The molecule has 0 saturated heterocycles. The summed E-state index contributed by atoms with van der Waals surface area (Å²) in [5.41, 5.74) is 5.36. The zero-order valence-electron chi connectivity index (χ0n) is 8.07. The van der Waals surface area contributed by atoms with Crippen LogP contribution in [0.2, 0.25) is 0 Å². The van der Waals surface area contributed by atoms with E-state index in [9.17, 15) is 23.3 Å². The van der Waals surface area contributed by atoms with Gasteiger partial charge in [-0.3, -0.25) is 10.1 Å². The molecule has 7 heteroatoms. The Kier molecular flexibility index (Phi) is 3.48. The molecule has 1 rings (SSSR count). The summed E-state index contributed by atoms with van der Waals surface area (Å²) >= 11 is 0. The molecule has 0 radical (unpaired) electrons. The summed E-state index contributed by atoms with van der Waals surface area (Å²) in [6, 6.07) is 3.53. The van der Waals surface area contributed by atoms with Crippen LogP contribution in [0.15, 0.2) is 24.3 Å². The Balaban J connectivity index is 2.78. The molecule has 0 saturated carbocycles. The lowest BCUT2D eigenvalue weighted by Gasteiger charge is -2.13. The molecule has 0 aliphatic heterocycles. The Morgan fingerprint density at radius 1 is 1.31 bits per heavy atom. The van der Waals surface area contributed by atoms with Crippen molar-refractivity contribution < 1.29 is 18.1 Å². The number of rotatable bonds is 3. The standard InChI is InChI=1S/C9H9F3N2O2/c10-9(11,12)5-8(13)6-1-3-7(4-2-6)14(15)16/h1-4,8H,5,13H2/t8-/m0/s1. The molecule has 16 heavy (non-hydrogen) atoms. The van der Waals surface area contributed by atoms with E-state index >= 15 is 0 Å². The second-order valence-corrected chi connectivity index (χ2v) is 3.27. The minimum Gasteiger partial charge on any atom is -0.324 e. The van der Waals surface area contributed by atoms with Crippen LogP contribution >= 0.6 is 0 Å². The van der Waals surface area contributed by atoms with E-state index in [-0.39, 0.29) is 11.3 Å². The molecule has 1 atom stereocenters. The number of nitrogens with two attached hydrogens (primary N) is 1. The number of hydrogen-bond acceptors (Lipinski definition) is 3. The summed E-state index contributed by atoms with van der Waals surface area (Å²) < 4.78 is 36.0. The van der Waals surface area contributed by atoms with Crippen LogP contribution in [0.3, 0.4) is 0 Å². The summed E-state index contributed by atoms with van der Waals surface area (Å²) in [7, 11) is 0. The number of hydrogen-bond donors (Lipinski definition) is 1. The first-order valence-corrected chi connectivity index (χ1v) is 4.36. The molecule has 2 N–H and O–H groups in total. The van der Waals surface area contributed by atoms with Crippen LogP contribution in [0, 0.1) is 10.1 Å². The predicted octanol–water partition coefficient (Wildman–Crippen LogP) is 2.55. The number of alkyl halides is 3. The molecular formula is C9H9F3N2O2. The molecule has 0 heterocycles. The molecule has 0 amide bonds. The van der Waals surface area contributed by atoms with Gasteiger partial charge in [0, 0.05) is 18.2 Å². The topological polar surface area (TPSA) is 69.2 Å². The molecule has 1 aromatic rings. The van der Waals surface area contributed by atoms with Gasteiger partial charge in [-0.15, -0.1) is 0 Å². The van der Waals surface area contributed by atoms with Crippen LogP contribution in [0.4, 0.5) is 18.9 Å². The highest BCUT2D eigenvalue weighted by molar-refractivity contribution is 5.34. The van der Waals surface area contributed by atoms with Gasteiger partial charge in [-0.2, -0.15) is 13.2 Å². The third-order valence-electron chi connectivity index (χ3n) is 1.98. The zero-order valence-corrected chi connectivity index (χ0v) is 8.07. The molecule has 4 nitrogen and oxygen atoms in total. The van der Waals surface area contributed by atoms with Crippen molar-refractivity contribution in [3.8, 4) is 0 Å². The second-order valence-electron chi connectivity index (χ2n) is 3.27. The van der Waals surface area contributed by atoms with Crippen molar-refractivity contribution in [2.75, 3.05) is 0 Å². The van der Waals surface area contributed by atoms with E-state index in [1.165, 1.54) is 12.1 Å². The normalized spacial score (nSPS) is 13.5. The average molecular weight is 234 g/mol. The van der Waals surface area contributed by atoms with Crippen molar-refractivity contribution in [2.24, 2.45) is 5.73 Å². The maximum absolute atomic E-state index is 12.0. The minimum absolute atomic E-state index is 0.178. The molecule has 0 aliphatic carbocycles. The summed E-state index contributed by atoms with van der Waals surface area (Å²) in [5.74, 6) is 0. The van der Waals surface area contributed by atoms with Crippen molar-refractivity contribution in [3.63, 3.8) is 0 Å². The molecule has 0 spiro atoms. The maximum Gasteiger partial charge on any atom is 0.390 e. The third-order valence-corrected chi connectivity index (χ3v) is 1.98. The second kappa shape index (κ2) is 4.48. The first-order chi connectivity index (χ1) is 7.29. The van der Waals surface area contributed by atoms with Gasteiger partial charge in [0.05, 0.1) is 11.3 Å². The minimum atomic E-state index is -4.35. The average Bonchev–Trinajstić information content (AvgIpc) is 2.15. The lowest BCUT2D eigenvalue weighted by Crippen LogP contribution is -2.20. The van der Waals surface area contributed by atoms with Gasteiger partial charge in [0.15, 0.2) is 0 Å². The number of nitrogens with zero attached hydrogens (tertiary/aromatic N) is 1. The van der Waals surface area contributed by atoms with Gasteiger partial charge in [0.1, 0.15) is 0 Å². The van der Waals surface area contributed by atoms with Crippen LogP contribution in [0.25, 0.3) is 0 Å². The van der Waals surface area contributed by atoms with Crippen molar-refractivity contribution in [1.82, 2.24) is 0 Å². The van der Waals surface area contributed by atoms with Gasteiger partial charge in [-0.05, 0) is 5.56 Å². The van der Waals surface area contributed by atoms with E-state index in [2.05, 4.69) is 0 Å². The van der Waals surface area contributed by atoms with E-state index in [0.29, 0.717) is 0 Å². The van der Waals surface area contributed by atoms with E-state index in [1.54, 1.807) is 0 Å². The van der Waals surface area contributed by atoms with Gasteiger partial charge in [0.25, 0.3) is 5.69 Å². The maximum atomic E-state index is 12.0. The van der Waals surface area contributed by atoms with Crippen molar-refractivity contribution in [3.05, 3.63) is 39.9 Å². The number of non-ortho nitro benzene ring substituents is 1. The summed E-state index contributed by atoms with van der Waals surface area (Å²) in [5, 5.41) is 10.3. The quantitative estimate of drug-likeness (QED) is 0.645. The molecule has 0 fully saturated rings. The van der Waals surface area contributed by atoms with E-state index < -0.39 is 23.6 Å². The van der Waals surface area contributed by atoms with Crippen LogP contribution in [0.5, 0.6) is 0 Å². The lowest BCUT2D eigenvalue weighted by atomic mass is 10.0. The highest BCUT2D eigenvalue weighted by Gasteiger charge is 2.30. The van der Waals surface area contributed by atoms with Crippen molar-refractivity contribution in [2.45, 2.75) is 18.6 Å². The van der Waals surface area contributed by atoms with Crippen LogP contribution in [-0.4, -0.2) is 11.1 Å². The fraction of sp³-hybridized carbons (Fsp3) is 0.333. The monoisotopic (exact) mass is 234 g/mol. The van der Waals surface area contributed by atoms with E-state index in [0.717, 1.165) is 12.1 Å². The SMILES string of the molecule is N[C@@H](CC(F)(F)F)c1ccc([N+](=O)[O-])cc1. The van der Waals surface area contributed by atoms with Crippen LogP contribution in [-0.2, 0) is 0 Å². The summed E-state index contributed by atoms with van der Waals surface area (Å²) in [6.07, 6.45) is -5.49. The Morgan fingerprint density at radius 3 is 2.19 bits per heavy atom. The largest absolute Gasteiger partial charge is 0.390 e. The Morgan fingerprint density at radius 2 is 1.81 bits per heavy atom. The van der Waals surface area contributed by atoms with Crippen LogP contribution in [0.1, 0.15) is 18.0 Å². The molecule has 0 unspecified atom stereocenters. The predicted molar refractivity (Wildman–Crippen MR) is 50.7 cm³/mol. The molecule has 0 bridgehead atoms. The molecule has 1 aromatic carbocycles. The van der Waals surface area contributed by atoms with E-state index in [4.69, 9.17) is 5.73 Å². The molecule has 88 valence electrons. The van der Waals surface area contributed by atoms with Gasteiger partial charge >= 0.3 is 6.18 Å². The Labute approximate surface area is 89.0 Å². The van der Waals surface area contributed by atoms with Gasteiger partial charge in [-0.1, -0.05) is 12.1 Å². The molecule has 0 aromatic heterocycles.